The number of hydrogen-bond donors (Lipinski definition) is 5. The van der Waals surface area contributed by atoms with Crippen molar-refractivity contribution in [1.29, 1.82) is 0 Å². The van der Waals surface area contributed by atoms with E-state index in [-0.39, 0.29) is 34.5 Å². The summed E-state index contributed by atoms with van der Waals surface area (Å²) in [7, 11) is -3.31. The van der Waals surface area contributed by atoms with Crippen LogP contribution in [-0.2, 0) is 9.84 Å². The van der Waals surface area contributed by atoms with Gasteiger partial charge in [0.1, 0.15) is 23.1 Å². The Morgan fingerprint density at radius 1 is 1.00 bits per heavy atom. The van der Waals surface area contributed by atoms with Crippen LogP contribution in [0.3, 0.4) is 0 Å². The van der Waals surface area contributed by atoms with E-state index in [1.54, 1.807) is 24.3 Å². The molecule has 11 nitrogen and oxygen atoms in total. The predicted octanol–water partition coefficient (Wildman–Crippen LogP) is 1.71. The van der Waals surface area contributed by atoms with Gasteiger partial charge in [0.05, 0.1) is 17.1 Å². The maximum Gasteiger partial charge on any atom is 0.254 e. The Morgan fingerprint density at radius 2 is 1.70 bits per heavy atom. The minimum atomic E-state index is -3.31. The molecule has 0 aliphatic heterocycles. The normalized spacial score (nSPS) is 11.0. The van der Waals surface area contributed by atoms with Crippen molar-refractivity contribution in [2.45, 2.75) is 0 Å². The molecule has 3 rings (SSSR count). The van der Waals surface area contributed by atoms with Gasteiger partial charge in [-0.2, -0.15) is 4.98 Å². The van der Waals surface area contributed by atoms with Crippen LogP contribution in [0.25, 0.3) is 0 Å². The molecule has 7 N–H and O–H groups in total. The number of carbonyl (C=O) groups is 2. The Labute approximate surface area is 188 Å². The number of nitrogens with two attached hydrogens (primary N) is 2. The molecule has 3 aromatic rings. The summed E-state index contributed by atoms with van der Waals surface area (Å²) >= 11 is 0. The van der Waals surface area contributed by atoms with Crippen LogP contribution < -0.4 is 27.4 Å². The molecule has 0 aliphatic rings. The summed E-state index contributed by atoms with van der Waals surface area (Å²) in [4.78, 5) is 31.4. The average Bonchev–Trinajstić information content (AvgIpc) is 2.74. The van der Waals surface area contributed by atoms with Crippen LogP contribution in [-0.4, -0.2) is 42.3 Å². The third-order valence-corrected chi connectivity index (χ3v) is 4.93. The van der Waals surface area contributed by atoms with Crippen molar-refractivity contribution in [3.8, 4) is 0 Å². The van der Waals surface area contributed by atoms with E-state index in [0.29, 0.717) is 11.4 Å². The van der Waals surface area contributed by atoms with E-state index in [1.807, 2.05) is 0 Å². The van der Waals surface area contributed by atoms with Crippen molar-refractivity contribution in [3.05, 3.63) is 65.6 Å². The van der Waals surface area contributed by atoms with Crippen molar-refractivity contribution < 1.29 is 22.4 Å². The lowest BCUT2D eigenvalue weighted by molar-refractivity contribution is 0.0992. The van der Waals surface area contributed by atoms with Gasteiger partial charge in [0, 0.05) is 18.0 Å². The van der Waals surface area contributed by atoms with Crippen molar-refractivity contribution in [2.24, 2.45) is 11.5 Å². The highest BCUT2D eigenvalue weighted by molar-refractivity contribution is 7.90. The van der Waals surface area contributed by atoms with Gasteiger partial charge in [-0.1, -0.05) is 12.1 Å². The molecule has 0 atom stereocenters. The van der Waals surface area contributed by atoms with E-state index in [9.17, 15) is 22.4 Å². The van der Waals surface area contributed by atoms with Gasteiger partial charge in [0.25, 0.3) is 5.91 Å². The van der Waals surface area contributed by atoms with Crippen molar-refractivity contribution >= 4 is 50.5 Å². The second kappa shape index (κ2) is 9.48. The highest BCUT2D eigenvalue weighted by Crippen LogP contribution is 2.27. The van der Waals surface area contributed by atoms with Gasteiger partial charge < -0.3 is 27.4 Å². The van der Waals surface area contributed by atoms with Crippen LogP contribution in [0.2, 0.25) is 0 Å². The molecule has 2 amide bonds. The van der Waals surface area contributed by atoms with E-state index in [0.717, 1.165) is 18.5 Å². The molecule has 0 radical (unpaired) electrons. The lowest BCUT2D eigenvalue weighted by Gasteiger charge is -2.15. The Hall–Kier alpha value is -4.26. The van der Waals surface area contributed by atoms with Crippen LogP contribution in [0.4, 0.5) is 33.2 Å². The summed E-state index contributed by atoms with van der Waals surface area (Å²) in [6, 6.07) is 10.1. The fourth-order valence-electron chi connectivity index (χ4n) is 2.70. The lowest BCUT2D eigenvalue weighted by atomic mass is 10.2. The number of primary amides is 2. The topological polar surface area (TPSA) is 182 Å². The van der Waals surface area contributed by atoms with Crippen LogP contribution in [0.5, 0.6) is 0 Å². The highest BCUT2D eigenvalue weighted by Gasteiger charge is 2.16. The van der Waals surface area contributed by atoms with Gasteiger partial charge >= 0.3 is 0 Å². The highest BCUT2D eigenvalue weighted by atomic mass is 32.2. The average molecular weight is 473 g/mol. The monoisotopic (exact) mass is 473 g/mol. The summed E-state index contributed by atoms with van der Waals surface area (Å²) in [5, 5.41) is 8.32. The Bertz CT molecular complexity index is 1330. The van der Waals surface area contributed by atoms with Crippen LogP contribution in [0.15, 0.2) is 48.7 Å². The summed E-state index contributed by atoms with van der Waals surface area (Å²) in [6.45, 7) is 0. The molecule has 0 bridgehead atoms. The molecule has 0 aliphatic carbocycles. The molecule has 0 fully saturated rings. The number of benzene rings is 2. The summed E-state index contributed by atoms with van der Waals surface area (Å²) in [6.07, 6.45) is 2.22. The molecule has 0 saturated carbocycles. The molecule has 0 unspecified atom stereocenters. The number of nitrogens with zero attached hydrogens (tertiary/aromatic N) is 2. The zero-order chi connectivity index (χ0) is 24.2. The zero-order valence-electron chi connectivity index (χ0n) is 17.3. The molecule has 2 aromatic carbocycles. The first-order valence-electron chi connectivity index (χ1n) is 9.34. The van der Waals surface area contributed by atoms with Gasteiger partial charge in [0.15, 0.2) is 9.84 Å². The van der Waals surface area contributed by atoms with Gasteiger partial charge in [-0.3, -0.25) is 9.59 Å². The first-order valence-corrected chi connectivity index (χ1v) is 11.4. The molecule has 0 saturated heterocycles. The maximum atomic E-state index is 14.2. The number of halogens is 1. The zero-order valence-corrected chi connectivity index (χ0v) is 18.1. The standard InChI is InChI=1S/C20H20FN7O4S/c1-33(31,32)10-25-14-4-2-3-5-15(14)26-19-12(18(23)30)9-24-20(28-19)27-16-8-11(17(22)29)6-7-13(16)21/h2-9,25H,10H2,1H3,(H2,22,29)(H2,23,30)(H2,24,26,27,28). The second-order valence-electron chi connectivity index (χ2n) is 6.92. The molecule has 0 spiro atoms. The van der Waals surface area contributed by atoms with Crippen molar-refractivity contribution in [2.75, 3.05) is 28.1 Å². The number of sulfone groups is 1. The number of rotatable bonds is 9. The van der Waals surface area contributed by atoms with E-state index < -0.39 is 27.5 Å². The number of anilines is 5. The summed E-state index contributed by atoms with van der Waals surface area (Å²) < 4.78 is 37.2. The molecular weight excluding hydrogens is 453 g/mol. The van der Waals surface area contributed by atoms with Crippen molar-refractivity contribution in [3.63, 3.8) is 0 Å². The Morgan fingerprint density at radius 3 is 2.33 bits per heavy atom. The van der Waals surface area contributed by atoms with E-state index in [2.05, 4.69) is 25.9 Å². The van der Waals surface area contributed by atoms with E-state index in [1.165, 1.54) is 12.1 Å². The summed E-state index contributed by atoms with van der Waals surface area (Å²) in [5.41, 5.74) is 11.4. The SMILES string of the molecule is CS(=O)(=O)CNc1ccccc1Nc1nc(Nc2cc(C(N)=O)ccc2F)ncc1C(N)=O. The van der Waals surface area contributed by atoms with Gasteiger partial charge in [0.2, 0.25) is 11.9 Å². The molecule has 172 valence electrons. The predicted molar refractivity (Wildman–Crippen MR) is 122 cm³/mol. The Balaban J connectivity index is 1.95. The fourth-order valence-corrected chi connectivity index (χ4v) is 3.11. The van der Waals surface area contributed by atoms with Gasteiger partial charge in [-0.15, -0.1) is 0 Å². The molecule has 1 heterocycles. The first kappa shape index (κ1) is 23.4. The molecular formula is C20H20FN7O4S. The van der Waals surface area contributed by atoms with E-state index >= 15 is 0 Å². The first-order chi connectivity index (χ1) is 15.5. The van der Waals surface area contributed by atoms with Crippen molar-refractivity contribution in [1.82, 2.24) is 9.97 Å². The maximum absolute atomic E-state index is 14.2. The third-order valence-electron chi connectivity index (χ3n) is 4.26. The molecule has 13 heteroatoms. The quantitative estimate of drug-likeness (QED) is 0.309. The second-order valence-corrected chi connectivity index (χ2v) is 9.06. The Kier molecular flexibility index (Phi) is 6.72. The third kappa shape index (κ3) is 6.13. The molecule has 1 aromatic heterocycles. The fraction of sp³-hybridized carbons (Fsp3) is 0.100. The lowest BCUT2D eigenvalue weighted by Crippen LogP contribution is -2.17. The number of hydrogen-bond acceptors (Lipinski definition) is 9. The largest absolute Gasteiger partial charge is 0.370 e. The van der Waals surface area contributed by atoms with Gasteiger partial charge in [-0.25, -0.2) is 17.8 Å². The summed E-state index contributed by atoms with van der Waals surface area (Å²) in [5.74, 6) is -2.70. The van der Waals surface area contributed by atoms with Crippen LogP contribution in [0, 0.1) is 5.82 Å². The number of carbonyl (C=O) groups excluding carboxylic acids is 2. The van der Waals surface area contributed by atoms with Crippen LogP contribution >= 0.6 is 0 Å². The minimum Gasteiger partial charge on any atom is -0.370 e. The van der Waals surface area contributed by atoms with Gasteiger partial charge in [-0.05, 0) is 30.3 Å². The number of para-hydroxylation sites is 2. The number of amides is 2. The smallest absolute Gasteiger partial charge is 0.254 e. The van der Waals surface area contributed by atoms with E-state index in [4.69, 9.17) is 11.5 Å². The van der Waals surface area contributed by atoms with Crippen LogP contribution in [0.1, 0.15) is 20.7 Å². The number of aromatic nitrogens is 2. The minimum absolute atomic E-state index is 0.0138. The number of nitrogens with one attached hydrogen (secondary N) is 3. The molecule has 33 heavy (non-hydrogen) atoms.